The van der Waals surface area contributed by atoms with Crippen LogP contribution in [0, 0.1) is 24.1 Å². The van der Waals surface area contributed by atoms with Crippen molar-refractivity contribution in [3.63, 3.8) is 0 Å². The average Bonchev–Trinajstić information content (AvgIpc) is 3.17. The van der Waals surface area contributed by atoms with Crippen LogP contribution in [0.2, 0.25) is 0 Å². The van der Waals surface area contributed by atoms with Gasteiger partial charge >= 0.3 is 0 Å². The summed E-state index contributed by atoms with van der Waals surface area (Å²) in [7, 11) is -2.59. The maximum Gasteiger partial charge on any atom is 0.243 e. The molecule has 3 rings (SSSR count). The molecule has 1 N–H and O–H groups in total. The minimum Gasteiger partial charge on any atom is -0.301 e. The van der Waals surface area contributed by atoms with E-state index < -0.39 is 22.5 Å². The molecule has 7 nitrogen and oxygen atoms in total. The lowest BCUT2D eigenvalue weighted by atomic mass is 10.1. The molecular weight excluding hydrogens is 439 g/mol. The first kappa shape index (κ1) is 22.6. The number of thiazole rings is 1. The SMILES string of the molecule is Cc1ccc(Cc2cnc(NC(=O)CN(C)S(=O)(=O)c3ccc(C#N)cc3)s2)cc1F. The molecule has 1 amide bonds. The molecule has 0 aliphatic carbocycles. The molecule has 0 spiro atoms. The van der Waals surface area contributed by atoms with Crippen LogP contribution >= 0.6 is 11.3 Å². The van der Waals surface area contributed by atoms with Gasteiger partial charge in [0.15, 0.2) is 5.13 Å². The van der Waals surface area contributed by atoms with E-state index in [1.807, 2.05) is 12.1 Å². The van der Waals surface area contributed by atoms with E-state index in [0.29, 0.717) is 22.7 Å². The molecule has 1 aromatic heterocycles. The van der Waals surface area contributed by atoms with Gasteiger partial charge in [-0.3, -0.25) is 4.79 Å². The minimum absolute atomic E-state index is 0.0105. The number of nitriles is 1. The minimum atomic E-state index is -3.88. The van der Waals surface area contributed by atoms with Crippen molar-refractivity contribution in [2.45, 2.75) is 18.2 Å². The highest BCUT2D eigenvalue weighted by Crippen LogP contribution is 2.22. The summed E-state index contributed by atoms with van der Waals surface area (Å²) in [4.78, 5) is 17.3. The predicted octanol–water partition coefficient (Wildman–Crippen LogP) is 3.31. The van der Waals surface area contributed by atoms with Crippen LogP contribution in [0.15, 0.2) is 53.6 Å². The average molecular weight is 459 g/mol. The standard InChI is InChI=1S/C21H19FN4O3S2/c1-14-3-4-16(10-19(14)22)9-17-12-24-21(30-17)25-20(27)13-26(2)31(28,29)18-7-5-15(11-23)6-8-18/h3-8,10,12H,9,13H2,1-2H3,(H,24,25,27). The van der Waals surface area contributed by atoms with Crippen molar-refractivity contribution in [1.82, 2.24) is 9.29 Å². The summed E-state index contributed by atoms with van der Waals surface area (Å²) in [5, 5.41) is 11.7. The number of nitrogens with one attached hydrogen (secondary N) is 1. The van der Waals surface area contributed by atoms with Crippen molar-refractivity contribution in [3.05, 3.63) is 76.0 Å². The van der Waals surface area contributed by atoms with Crippen LogP contribution in [0.4, 0.5) is 9.52 Å². The van der Waals surface area contributed by atoms with Crippen molar-refractivity contribution in [2.75, 3.05) is 18.9 Å². The lowest BCUT2D eigenvalue weighted by Gasteiger charge is -2.16. The maximum atomic E-state index is 13.7. The highest BCUT2D eigenvalue weighted by molar-refractivity contribution is 7.89. The highest BCUT2D eigenvalue weighted by Gasteiger charge is 2.23. The first-order valence-electron chi connectivity index (χ1n) is 9.15. The van der Waals surface area contributed by atoms with Crippen molar-refractivity contribution < 1.29 is 17.6 Å². The van der Waals surface area contributed by atoms with Crippen molar-refractivity contribution in [1.29, 1.82) is 5.26 Å². The number of likely N-dealkylation sites (N-methyl/N-ethyl adjacent to an activating group) is 1. The third kappa shape index (κ3) is 5.52. The summed E-state index contributed by atoms with van der Waals surface area (Å²) in [6.07, 6.45) is 2.06. The second-order valence-electron chi connectivity index (χ2n) is 6.84. The zero-order chi connectivity index (χ0) is 22.6. The van der Waals surface area contributed by atoms with Crippen LogP contribution in [-0.4, -0.2) is 37.2 Å². The second-order valence-corrected chi connectivity index (χ2v) is 10.00. The Labute approximate surface area is 183 Å². The van der Waals surface area contributed by atoms with Gasteiger partial charge in [-0.25, -0.2) is 17.8 Å². The number of aryl methyl sites for hydroxylation is 1. The molecule has 0 aliphatic rings. The van der Waals surface area contributed by atoms with E-state index in [4.69, 9.17) is 5.26 Å². The van der Waals surface area contributed by atoms with Gasteiger partial charge in [0.25, 0.3) is 0 Å². The third-order valence-corrected chi connectivity index (χ3v) is 7.20. The Kier molecular flexibility index (Phi) is 6.80. The second kappa shape index (κ2) is 9.34. The van der Waals surface area contributed by atoms with E-state index in [1.54, 1.807) is 19.2 Å². The number of nitrogens with zero attached hydrogens (tertiary/aromatic N) is 3. The van der Waals surface area contributed by atoms with E-state index in [9.17, 15) is 17.6 Å². The molecule has 0 radical (unpaired) electrons. The number of carbonyl (C=O) groups excluding carboxylic acids is 1. The zero-order valence-electron chi connectivity index (χ0n) is 16.8. The molecule has 0 unspecified atom stereocenters. The van der Waals surface area contributed by atoms with Gasteiger partial charge in [-0.2, -0.15) is 9.57 Å². The molecule has 0 fully saturated rings. The van der Waals surface area contributed by atoms with Crippen LogP contribution in [-0.2, 0) is 21.2 Å². The summed E-state index contributed by atoms with van der Waals surface area (Å²) < 4.78 is 39.8. The van der Waals surface area contributed by atoms with Gasteiger partial charge in [0.2, 0.25) is 15.9 Å². The molecule has 10 heteroatoms. The fourth-order valence-electron chi connectivity index (χ4n) is 2.72. The van der Waals surface area contributed by atoms with E-state index in [0.717, 1.165) is 14.7 Å². The number of benzene rings is 2. The van der Waals surface area contributed by atoms with Gasteiger partial charge in [0, 0.05) is 24.5 Å². The quantitative estimate of drug-likeness (QED) is 0.585. The Hall–Kier alpha value is -3.13. The number of sulfonamides is 1. The number of hydrogen-bond acceptors (Lipinski definition) is 6. The lowest BCUT2D eigenvalue weighted by Crippen LogP contribution is -2.34. The molecule has 0 saturated heterocycles. The molecule has 0 bridgehead atoms. The number of aromatic nitrogens is 1. The number of anilines is 1. The third-order valence-electron chi connectivity index (χ3n) is 4.47. The molecule has 31 heavy (non-hydrogen) atoms. The lowest BCUT2D eigenvalue weighted by molar-refractivity contribution is -0.116. The monoisotopic (exact) mass is 458 g/mol. The van der Waals surface area contributed by atoms with Crippen LogP contribution < -0.4 is 5.32 Å². The Morgan fingerprint density at radius 1 is 1.26 bits per heavy atom. The van der Waals surface area contributed by atoms with Gasteiger partial charge in [0.1, 0.15) is 5.82 Å². The largest absolute Gasteiger partial charge is 0.301 e. The fourth-order valence-corrected chi connectivity index (χ4v) is 4.71. The van der Waals surface area contributed by atoms with Gasteiger partial charge in [-0.05, 0) is 48.4 Å². The number of carbonyl (C=O) groups is 1. The van der Waals surface area contributed by atoms with E-state index in [1.165, 1.54) is 48.7 Å². The topological polar surface area (TPSA) is 103 Å². The van der Waals surface area contributed by atoms with E-state index in [2.05, 4.69) is 10.3 Å². The van der Waals surface area contributed by atoms with Crippen LogP contribution in [0.1, 0.15) is 21.6 Å². The summed E-state index contributed by atoms with van der Waals surface area (Å²) >= 11 is 1.24. The smallest absolute Gasteiger partial charge is 0.243 e. The van der Waals surface area contributed by atoms with E-state index >= 15 is 0 Å². The maximum absolute atomic E-state index is 13.7. The van der Waals surface area contributed by atoms with E-state index in [-0.39, 0.29) is 10.7 Å². The molecular formula is C21H19FN4O3S2. The molecule has 3 aromatic rings. The number of halogens is 1. The Morgan fingerprint density at radius 3 is 2.61 bits per heavy atom. The Bertz CT molecular complexity index is 1250. The van der Waals surface area contributed by atoms with Gasteiger partial charge in [-0.1, -0.05) is 12.1 Å². The van der Waals surface area contributed by atoms with Crippen LogP contribution in [0.3, 0.4) is 0 Å². The molecule has 1 heterocycles. The normalized spacial score (nSPS) is 11.3. The summed E-state index contributed by atoms with van der Waals surface area (Å²) in [5.74, 6) is -0.816. The van der Waals surface area contributed by atoms with Crippen LogP contribution in [0.5, 0.6) is 0 Å². The van der Waals surface area contributed by atoms with Gasteiger partial charge < -0.3 is 5.32 Å². The van der Waals surface area contributed by atoms with Crippen LogP contribution in [0.25, 0.3) is 0 Å². The van der Waals surface area contributed by atoms with Crippen molar-refractivity contribution in [2.24, 2.45) is 0 Å². The first-order valence-corrected chi connectivity index (χ1v) is 11.4. The van der Waals surface area contributed by atoms with Gasteiger partial charge in [0.05, 0.1) is 23.1 Å². The van der Waals surface area contributed by atoms with Crippen molar-refractivity contribution >= 4 is 32.4 Å². The molecule has 160 valence electrons. The first-order chi connectivity index (χ1) is 14.7. The summed E-state index contributed by atoms with van der Waals surface area (Å²) in [6, 6.07) is 12.4. The fraction of sp³-hybridized carbons (Fsp3) is 0.190. The summed E-state index contributed by atoms with van der Waals surface area (Å²) in [6.45, 7) is 1.29. The highest BCUT2D eigenvalue weighted by atomic mass is 32.2. The Balaban J connectivity index is 1.61. The number of hydrogen-bond donors (Lipinski definition) is 1. The number of amides is 1. The molecule has 0 atom stereocenters. The number of rotatable bonds is 7. The van der Waals surface area contributed by atoms with Crippen molar-refractivity contribution in [3.8, 4) is 6.07 Å². The molecule has 0 aliphatic heterocycles. The van der Waals surface area contributed by atoms with Gasteiger partial charge in [-0.15, -0.1) is 11.3 Å². The molecule has 0 saturated carbocycles. The molecule has 2 aromatic carbocycles. The predicted molar refractivity (Wildman–Crippen MR) is 116 cm³/mol. The summed E-state index contributed by atoms with van der Waals surface area (Å²) in [5.41, 5.74) is 1.70. The zero-order valence-corrected chi connectivity index (χ0v) is 18.4. The Morgan fingerprint density at radius 2 is 1.97 bits per heavy atom.